The fourth-order valence-electron chi connectivity index (χ4n) is 1.70. The van der Waals surface area contributed by atoms with Crippen molar-refractivity contribution in [2.45, 2.75) is 52.3 Å². The van der Waals surface area contributed by atoms with Crippen LogP contribution in [0.15, 0.2) is 24.3 Å². The van der Waals surface area contributed by atoms with Gasteiger partial charge in [0.1, 0.15) is 0 Å². The predicted molar refractivity (Wildman–Crippen MR) is 73.3 cm³/mol. The zero-order chi connectivity index (χ0) is 13.1. The van der Waals surface area contributed by atoms with Crippen LogP contribution in [-0.4, -0.2) is 18.8 Å². The van der Waals surface area contributed by atoms with Crippen LogP contribution in [0.4, 0.5) is 0 Å². The summed E-state index contributed by atoms with van der Waals surface area (Å²) in [6.45, 7) is 10.7. The molecule has 0 aromatic heterocycles. The van der Waals surface area contributed by atoms with Crippen LogP contribution in [0.1, 0.15) is 44.9 Å². The molecule has 2 atom stereocenters. The van der Waals surface area contributed by atoms with Gasteiger partial charge in [0.2, 0.25) is 0 Å². The molecule has 0 aliphatic heterocycles. The van der Waals surface area contributed by atoms with Gasteiger partial charge in [0, 0.05) is 19.2 Å². The molecule has 2 nitrogen and oxygen atoms in total. The standard InChI is InChI=1S/C15H25NO/c1-11-7-9-14(10-8-11)12(2)16-13(3)15(4,5)17-6/h7-10,12-13,16H,1-6H3/t12-,13?/m1/s1. The number of ether oxygens (including phenoxy) is 1. The molecule has 96 valence electrons. The molecule has 0 bridgehead atoms. The van der Waals surface area contributed by atoms with Crippen LogP contribution in [-0.2, 0) is 4.74 Å². The fourth-order valence-corrected chi connectivity index (χ4v) is 1.70. The van der Waals surface area contributed by atoms with Gasteiger partial charge in [0.25, 0.3) is 0 Å². The molecule has 0 saturated heterocycles. The minimum absolute atomic E-state index is 0.154. The summed E-state index contributed by atoms with van der Waals surface area (Å²) in [6, 6.07) is 9.29. The maximum atomic E-state index is 5.49. The SMILES string of the molecule is COC(C)(C)C(C)N[C@H](C)c1ccc(C)cc1. The number of benzene rings is 1. The number of nitrogens with one attached hydrogen (secondary N) is 1. The summed E-state index contributed by atoms with van der Waals surface area (Å²) in [4.78, 5) is 0. The van der Waals surface area contributed by atoms with Crippen LogP contribution >= 0.6 is 0 Å². The molecule has 0 amide bonds. The van der Waals surface area contributed by atoms with E-state index < -0.39 is 0 Å². The van der Waals surface area contributed by atoms with Crippen molar-refractivity contribution in [1.29, 1.82) is 0 Å². The van der Waals surface area contributed by atoms with E-state index in [9.17, 15) is 0 Å². The maximum absolute atomic E-state index is 5.49. The van der Waals surface area contributed by atoms with E-state index in [-0.39, 0.29) is 5.60 Å². The second kappa shape index (κ2) is 5.65. The normalized spacial score (nSPS) is 15.6. The molecule has 1 N–H and O–H groups in total. The summed E-state index contributed by atoms with van der Waals surface area (Å²) in [5.41, 5.74) is 2.46. The summed E-state index contributed by atoms with van der Waals surface area (Å²) in [7, 11) is 1.76. The van der Waals surface area contributed by atoms with Gasteiger partial charge in [-0.3, -0.25) is 0 Å². The summed E-state index contributed by atoms with van der Waals surface area (Å²) in [5.74, 6) is 0. The highest BCUT2D eigenvalue weighted by Gasteiger charge is 2.26. The number of methoxy groups -OCH3 is 1. The Hall–Kier alpha value is -0.860. The van der Waals surface area contributed by atoms with Gasteiger partial charge in [-0.2, -0.15) is 0 Å². The lowest BCUT2D eigenvalue weighted by atomic mass is 9.98. The summed E-state index contributed by atoms with van der Waals surface area (Å²) in [6.07, 6.45) is 0. The van der Waals surface area contributed by atoms with Crippen LogP contribution in [0, 0.1) is 6.92 Å². The average molecular weight is 235 g/mol. The van der Waals surface area contributed by atoms with Gasteiger partial charge in [-0.15, -0.1) is 0 Å². The molecule has 0 aliphatic rings. The Morgan fingerprint density at radius 1 is 1.12 bits per heavy atom. The zero-order valence-electron chi connectivity index (χ0n) is 11.9. The lowest BCUT2D eigenvalue weighted by molar-refractivity contribution is -0.00764. The third-order valence-corrected chi connectivity index (χ3v) is 3.65. The van der Waals surface area contributed by atoms with Gasteiger partial charge < -0.3 is 10.1 Å². The smallest absolute Gasteiger partial charge is 0.0772 e. The van der Waals surface area contributed by atoms with Crippen molar-refractivity contribution >= 4 is 0 Å². The summed E-state index contributed by atoms with van der Waals surface area (Å²) < 4.78 is 5.49. The largest absolute Gasteiger partial charge is 0.377 e. The first-order valence-electron chi connectivity index (χ1n) is 6.24. The highest BCUT2D eigenvalue weighted by atomic mass is 16.5. The highest BCUT2D eigenvalue weighted by molar-refractivity contribution is 5.23. The third kappa shape index (κ3) is 3.83. The molecule has 0 radical (unpaired) electrons. The topological polar surface area (TPSA) is 21.3 Å². The summed E-state index contributed by atoms with van der Waals surface area (Å²) >= 11 is 0. The van der Waals surface area contributed by atoms with E-state index >= 15 is 0 Å². The van der Waals surface area contributed by atoms with Crippen molar-refractivity contribution in [3.63, 3.8) is 0 Å². The van der Waals surface area contributed by atoms with Crippen LogP contribution < -0.4 is 5.32 Å². The van der Waals surface area contributed by atoms with Gasteiger partial charge in [0.05, 0.1) is 5.60 Å². The minimum Gasteiger partial charge on any atom is -0.377 e. The molecule has 2 heteroatoms. The minimum atomic E-state index is -0.154. The Morgan fingerprint density at radius 2 is 1.65 bits per heavy atom. The van der Waals surface area contributed by atoms with E-state index in [1.54, 1.807) is 7.11 Å². The van der Waals surface area contributed by atoms with E-state index in [2.05, 4.69) is 64.2 Å². The number of hydrogen-bond donors (Lipinski definition) is 1. The van der Waals surface area contributed by atoms with Crippen LogP contribution in [0.5, 0.6) is 0 Å². The molecule has 0 spiro atoms. The van der Waals surface area contributed by atoms with Crippen molar-refractivity contribution < 1.29 is 4.74 Å². The molecule has 1 aromatic rings. The van der Waals surface area contributed by atoms with E-state index in [4.69, 9.17) is 4.74 Å². The monoisotopic (exact) mass is 235 g/mol. The van der Waals surface area contributed by atoms with Gasteiger partial charge in [-0.25, -0.2) is 0 Å². The van der Waals surface area contributed by atoms with Crippen LogP contribution in [0.3, 0.4) is 0 Å². The van der Waals surface area contributed by atoms with Crippen LogP contribution in [0.2, 0.25) is 0 Å². The van der Waals surface area contributed by atoms with Crippen molar-refractivity contribution in [3.05, 3.63) is 35.4 Å². The Balaban J connectivity index is 2.66. The van der Waals surface area contributed by atoms with E-state index in [1.807, 2.05) is 0 Å². The first-order chi connectivity index (χ1) is 7.86. The first kappa shape index (κ1) is 14.2. The molecule has 1 unspecified atom stereocenters. The van der Waals surface area contributed by atoms with E-state index in [0.29, 0.717) is 12.1 Å². The number of aryl methyl sites for hydroxylation is 1. The number of hydrogen-bond acceptors (Lipinski definition) is 2. The summed E-state index contributed by atoms with van der Waals surface area (Å²) in [5, 5.41) is 3.58. The second-order valence-electron chi connectivity index (χ2n) is 5.33. The second-order valence-corrected chi connectivity index (χ2v) is 5.33. The molecule has 1 rings (SSSR count). The molecule has 0 saturated carbocycles. The molecular formula is C15H25NO. The highest BCUT2D eigenvalue weighted by Crippen LogP contribution is 2.19. The van der Waals surface area contributed by atoms with Crippen molar-refractivity contribution in [3.8, 4) is 0 Å². The Kier molecular flexibility index (Phi) is 4.72. The van der Waals surface area contributed by atoms with Gasteiger partial charge >= 0.3 is 0 Å². The third-order valence-electron chi connectivity index (χ3n) is 3.65. The van der Waals surface area contributed by atoms with Crippen molar-refractivity contribution in [2.75, 3.05) is 7.11 Å². The van der Waals surface area contributed by atoms with E-state index in [1.165, 1.54) is 11.1 Å². The molecule has 1 aromatic carbocycles. The number of rotatable bonds is 5. The fraction of sp³-hybridized carbons (Fsp3) is 0.600. The first-order valence-corrected chi connectivity index (χ1v) is 6.24. The van der Waals surface area contributed by atoms with Crippen molar-refractivity contribution in [2.24, 2.45) is 0 Å². The molecule has 0 fully saturated rings. The molecular weight excluding hydrogens is 210 g/mol. The average Bonchev–Trinajstić information content (AvgIpc) is 2.29. The van der Waals surface area contributed by atoms with Gasteiger partial charge in [-0.05, 0) is 40.2 Å². The predicted octanol–water partition coefficient (Wildman–Crippen LogP) is 3.46. The lowest BCUT2D eigenvalue weighted by Crippen LogP contribution is -2.46. The maximum Gasteiger partial charge on any atom is 0.0772 e. The Bertz CT molecular complexity index is 342. The Morgan fingerprint density at radius 3 is 2.12 bits per heavy atom. The van der Waals surface area contributed by atoms with E-state index in [0.717, 1.165) is 0 Å². The molecule has 0 heterocycles. The molecule has 0 aliphatic carbocycles. The Labute approximate surface area is 105 Å². The van der Waals surface area contributed by atoms with Crippen LogP contribution in [0.25, 0.3) is 0 Å². The van der Waals surface area contributed by atoms with Crippen molar-refractivity contribution in [1.82, 2.24) is 5.32 Å². The van der Waals surface area contributed by atoms with Gasteiger partial charge in [0.15, 0.2) is 0 Å². The molecule has 17 heavy (non-hydrogen) atoms. The lowest BCUT2D eigenvalue weighted by Gasteiger charge is -2.33. The van der Waals surface area contributed by atoms with Gasteiger partial charge in [-0.1, -0.05) is 29.8 Å². The zero-order valence-corrected chi connectivity index (χ0v) is 11.9. The quantitative estimate of drug-likeness (QED) is 0.844.